The van der Waals surface area contributed by atoms with E-state index in [1.54, 1.807) is 64.8 Å². The second kappa shape index (κ2) is 35.6. The lowest BCUT2D eigenvalue weighted by atomic mass is 9.49. The highest BCUT2D eigenvalue weighted by atomic mass is 19.1. The van der Waals surface area contributed by atoms with Crippen LogP contribution in [0.5, 0.6) is 0 Å². The maximum absolute atomic E-state index is 14.4. The molecule has 0 radical (unpaired) electrons. The smallest absolute Gasteiger partial charge is 0.251 e. The summed E-state index contributed by atoms with van der Waals surface area (Å²) in [6.07, 6.45) is 47.0. The molecular formula is C101H141F2N11O5. The van der Waals surface area contributed by atoms with Crippen LogP contribution in [0.25, 0.3) is 0 Å². The van der Waals surface area contributed by atoms with Crippen molar-refractivity contribution in [3.63, 3.8) is 0 Å². The van der Waals surface area contributed by atoms with E-state index in [0.717, 1.165) is 132 Å². The lowest BCUT2D eigenvalue weighted by Gasteiger charge is -2.60. The van der Waals surface area contributed by atoms with Crippen molar-refractivity contribution in [2.24, 2.45) is 110 Å². The number of halogens is 2. The molecule has 20 aliphatic rings. The molecule has 5 aromatic rings. The van der Waals surface area contributed by atoms with Crippen molar-refractivity contribution in [1.82, 2.24) is 45.9 Å². The van der Waals surface area contributed by atoms with Gasteiger partial charge in [-0.1, -0.05) is 31.2 Å². The molecule has 4 amide bonds. The number of carbonyl (C=O) groups is 5. The number of rotatable bonds is 23. The Morgan fingerprint density at radius 3 is 0.916 bits per heavy atom. The summed E-state index contributed by atoms with van der Waals surface area (Å²) in [6.45, 7) is 8.54. The van der Waals surface area contributed by atoms with E-state index in [9.17, 15) is 32.8 Å². The number of aromatic nitrogens is 2. The van der Waals surface area contributed by atoms with Gasteiger partial charge in [0.15, 0.2) is 5.78 Å². The maximum atomic E-state index is 14.4. The Labute approximate surface area is 710 Å². The molecule has 20 aliphatic carbocycles. The first kappa shape index (κ1) is 85.4. The average molecular weight is 1630 g/mol. The summed E-state index contributed by atoms with van der Waals surface area (Å²) in [5, 5.41) is 10.4. The fraction of sp³-hybridized carbons (Fsp3) is 0.673. The largest absolute Gasteiger partial charge is 0.369 e. The van der Waals surface area contributed by atoms with Crippen LogP contribution in [0.15, 0.2) is 97.3 Å². The Hall–Kier alpha value is -7.15. The van der Waals surface area contributed by atoms with Gasteiger partial charge in [0.2, 0.25) is 5.95 Å². The zero-order valence-electron chi connectivity index (χ0n) is 73.7. The van der Waals surface area contributed by atoms with Crippen LogP contribution in [0.3, 0.4) is 0 Å². The quantitative estimate of drug-likeness (QED) is 0.0456. The van der Waals surface area contributed by atoms with Crippen molar-refractivity contribution >= 4 is 41.0 Å². The van der Waals surface area contributed by atoms with Gasteiger partial charge < -0.3 is 45.8 Å². The van der Waals surface area contributed by atoms with Crippen molar-refractivity contribution in [3.8, 4) is 0 Å². The van der Waals surface area contributed by atoms with Crippen LogP contribution >= 0.6 is 0 Å². The molecule has 0 saturated heterocycles. The van der Waals surface area contributed by atoms with Gasteiger partial charge >= 0.3 is 0 Å². The lowest BCUT2D eigenvalue weighted by molar-refractivity contribution is -0.0672. The van der Waals surface area contributed by atoms with Gasteiger partial charge in [0.1, 0.15) is 11.6 Å². The molecule has 0 atom stereocenters. The standard InChI is InChI=1S/2C21H29FN2O.C21H30N2O.C19H27N3O.C19H26N2O/c2*1-23-20(25)17-3-4-18(19(22)8-17)12-24(2)13-21-9-14-5-15(10-21)7-16(6-14)11-21;1-22-20(24)19-5-3-15(4-6-19)13-23(2)14-21-10-16-7-17(11-21)9-18(8-16)12-21;1-3-17(23)16-10-20-18(21-11-16)22(2)12-19-7-13-4-14(8-19)6-15(5-13)9-19;1-20-18(22)16-3-5-17(6-4-16)21(2)19-10-13-7-14(11-19)9-15(8-13)12-19/h2*3-4,8,14-16H,5-7,9-13H2,1-2H3,(H,23,25);3-6,16-18H,7-14H2,1-2H3,(H,22,24);10-11,13-15H,3-9,12H2,1-2H3;3-6,13-15H,7-12H2,1-2H3,(H,20,22)/i22-1;;;;. The fourth-order valence-corrected chi connectivity index (χ4v) is 30.7. The number of nitrogens with zero attached hydrogens (tertiary/aromatic N) is 7. The van der Waals surface area contributed by atoms with Crippen LogP contribution in [-0.4, -0.2) is 149 Å². The van der Waals surface area contributed by atoms with E-state index >= 15 is 0 Å². The SMILES string of the molecule is CCC(=O)c1cnc(N(C)CC23CC4CC(CC(C4)C2)C3)nc1.CNC(=O)c1ccc(CN(C)CC23CC4CC(CC(C4)C2)C3)c(F)c1.CNC(=O)c1ccc(CN(C)CC23CC4CC(CC(C4)C2)C3)c([18F])c1.CNC(=O)c1ccc(CN(C)CC23CC4CC(CC(C4)C2)C3)cc1.CNC(=O)c1ccc(N(C)C23CC4CC(CC(C4)C2)C3)cc1. The first-order valence-corrected chi connectivity index (χ1v) is 46.6. The Balaban J connectivity index is 0.000000111. The van der Waals surface area contributed by atoms with Gasteiger partial charge in [0.05, 0.1) is 5.56 Å². The number of anilines is 2. The molecular weight excluding hydrogens is 1480 g/mol. The van der Waals surface area contributed by atoms with E-state index in [-0.39, 0.29) is 41.0 Å². The minimum Gasteiger partial charge on any atom is -0.369 e. The van der Waals surface area contributed by atoms with E-state index < -0.39 is 0 Å². The highest BCUT2D eigenvalue weighted by Gasteiger charge is 2.57. The van der Waals surface area contributed by atoms with Gasteiger partial charge in [-0.2, -0.15) is 0 Å². The van der Waals surface area contributed by atoms with Crippen LogP contribution in [0, 0.1) is 122 Å². The second-order valence-electron chi connectivity index (χ2n) is 43.0. The highest BCUT2D eigenvalue weighted by molar-refractivity contribution is 5.96. The lowest BCUT2D eigenvalue weighted by Crippen LogP contribution is -2.59. The molecule has 0 unspecified atom stereocenters. The molecule has 644 valence electrons. The number of hydrogen-bond acceptors (Lipinski definition) is 12. The van der Waals surface area contributed by atoms with Crippen molar-refractivity contribution in [2.75, 3.05) is 99.4 Å². The third-order valence-corrected chi connectivity index (χ3v) is 33.0. The summed E-state index contributed by atoms with van der Waals surface area (Å²) < 4.78 is 28.8. The highest BCUT2D eigenvalue weighted by Crippen LogP contribution is 2.65. The monoisotopic (exact) mass is 1630 g/mol. The summed E-state index contributed by atoms with van der Waals surface area (Å²) in [6, 6.07) is 25.9. The predicted molar refractivity (Wildman–Crippen MR) is 470 cm³/mol. The molecule has 20 saturated carbocycles. The zero-order valence-corrected chi connectivity index (χ0v) is 73.7. The van der Waals surface area contributed by atoms with E-state index in [1.165, 1.54) is 223 Å². The van der Waals surface area contributed by atoms with E-state index in [1.807, 2.05) is 31.2 Å². The molecule has 0 spiro atoms. The van der Waals surface area contributed by atoms with E-state index in [0.29, 0.717) is 74.5 Å². The van der Waals surface area contributed by atoms with Crippen molar-refractivity contribution in [1.29, 1.82) is 0 Å². The third-order valence-electron chi connectivity index (χ3n) is 33.0. The van der Waals surface area contributed by atoms with Gasteiger partial charge in [-0.05, 0) is 390 Å². The van der Waals surface area contributed by atoms with Crippen molar-refractivity contribution < 1.29 is 32.8 Å². The topological polar surface area (TPSA) is 175 Å². The summed E-state index contributed by atoms with van der Waals surface area (Å²) in [7, 11) is 17.4. The van der Waals surface area contributed by atoms with Gasteiger partial charge in [0.25, 0.3) is 23.6 Å². The molecule has 4 aromatic carbocycles. The summed E-state index contributed by atoms with van der Waals surface area (Å²) in [4.78, 5) is 79.0. The second-order valence-corrected chi connectivity index (χ2v) is 43.0. The average Bonchev–Trinajstić information content (AvgIpc) is 0.761. The molecule has 16 nitrogen and oxygen atoms in total. The number of benzene rings is 4. The molecule has 25 rings (SSSR count). The summed E-state index contributed by atoms with van der Waals surface area (Å²) in [5.41, 5.74) is 9.21. The predicted octanol–water partition coefficient (Wildman–Crippen LogP) is 18.5. The molecule has 18 heteroatoms. The first-order chi connectivity index (χ1) is 57.1. The number of nitrogens with one attached hydrogen (secondary N) is 4. The maximum Gasteiger partial charge on any atom is 0.251 e. The molecule has 0 aliphatic heterocycles. The normalized spacial score (nSPS) is 34.0. The number of ketones is 1. The van der Waals surface area contributed by atoms with Crippen LogP contribution in [0.1, 0.15) is 274 Å². The number of Topliss-reactive ketones (excluding diaryl/α,β-unsaturated/α-hetero) is 1. The summed E-state index contributed by atoms with van der Waals surface area (Å²) in [5.74, 6) is 14.4. The Morgan fingerprint density at radius 1 is 0.353 bits per heavy atom. The van der Waals surface area contributed by atoms with Crippen LogP contribution in [0.4, 0.5) is 20.4 Å². The Kier molecular flexibility index (Phi) is 25.5. The molecule has 20 bridgehead atoms. The summed E-state index contributed by atoms with van der Waals surface area (Å²) >= 11 is 0. The number of amides is 4. The van der Waals surface area contributed by atoms with Crippen LogP contribution < -0.4 is 31.1 Å². The van der Waals surface area contributed by atoms with Crippen LogP contribution in [0.2, 0.25) is 0 Å². The van der Waals surface area contributed by atoms with E-state index in [4.69, 9.17) is 0 Å². The number of carbonyl (C=O) groups excluding carboxylic acids is 5. The van der Waals surface area contributed by atoms with Gasteiger partial charge in [-0.3, -0.25) is 24.0 Å². The first-order valence-electron chi connectivity index (χ1n) is 46.6. The molecule has 4 N–H and O–H groups in total. The Bertz CT molecular complexity index is 4120. The molecule has 20 fully saturated rings. The van der Waals surface area contributed by atoms with Gasteiger partial charge in [0, 0.05) is 152 Å². The van der Waals surface area contributed by atoms with Crippen LogP contribution in [-0.2, 0) is 19.6 Å². The fourth-order valence-electron chi connectivity index (χ4n) is 30.7. The minimum absolute atomic E-state index is 0.0102. The van der Waals surface area contributed by atoms with E-state index in [2.05, 4.69) is 115 Å². The van der Waals surface area contributed by atoms with Gasteiger partial charge in [-0.15, -0.1) is 0 Å². The molecule has 119 heavy (non-hydrogen) atoms. The molecule has 1 aromatic heterocycles. The van der Waals surface area contributed by atoms with Crippen molar-refractivity contribution in [2.45, 2.75) is 231 Å². The molecule has 1 heterocycles. The van der Waals surface area contributed by atoms with Crippen molar-refractivity contribution in [3.05, 3.63) is 153 Å². The third kappa shape index (κ3) is 19.5. The van der Waals surface area contributed by atoms with Gasteiger partial charge in [-0.25, -0.2) is 18.7 Å². The Morgan fingerprint density at radius 2 is 0.622 bits per heavy atom. The minimum atomic E-state index is -0.279. The zero-order chi connectivity index (χ0) is 83.3. The number of hydrogen-bond donors (Lipinski definition) is 4.